The number of aromatic nitrogens is 4. The van der Waals surface area contributed by atoms with E-state index in [-0.39, 0.29) is 11.9 Å². The highest BCUT2D eigenvalue weighted by Gasteiger charge is 2.30. The van der Waals surface area contributed by atoms with Gasteiger partial charge in [0.15, 0.2) is 5.82 Å². The molecular weight excluding hydrogens is 286 g/mol. The van der Waals surface area contributed by atoms with Crippen LogP contribution < -0.4 is 0 Å². The Hall–Kier alpha value is -1.50. The molecule has 1 unspecified atom stereocenters. The second-order valence-corrected chi connectivity index (χ2v) is 6.86. The third-order valence-corrected chi connectivity index (χ3v) is 5.02. The molecule has 0 aromatic carbocycles. The lowest BCUT2D eigenvalue weighted by Gasteiger charge is -2.34. The molecule has 0 radical (unpaired) electrons. The zero-order valence-corrected chi connectivity index (χ0v) is 13.6. The van der Waals surface area contributed by atoms with Gasteiger partial charge in [0.05, 0.1) is 0 Å². The smallest absolute Gasteiger partial charge is 0.234 e. The molecule has 0 spiro atoms. The molecule has 114 valence electrons. The van der Waals surface area contributed by atoms with Gasteiger partial charge in [-0.15, -0.1) is 10.2 Å². The number of amides is 1. The van der Waals surface area contributed by atoms with Crippen LogP contribution in [0, 0.1) is 0 Å². The minimum absolute atomic E-state index is 0.252. The highest BCUT2D eigenvalue weighted by Crippen LogP contribution is 2.31. The maximum Gasteiger partial charge on any atom is 0.234 e. The number of piperidine rings is 1. The monoisotopic (exact) mass is 307 g/mol. The maximum atomic E-state index is 12.0. The lowest BCUT2D eigenvalue weighted by Crippen LogP contribution is -2.43. The average Bonchev–Trinajstić information content (AvgIpc) is 3.01. The Morgan fingerprint density at radius 3 is 2.90 bits per heavy atom. The van der Waals surface area contributed by atoms with E-state index in [0.717, 1.165) is 41.6 Å². The maximum absolute atomic E-state index is 12.0. The predicted octanol–water partition coefficient (Wildman–Crippen LogP) is 2.25. The van der Waals surface area contributed by atoms with E-state index in [0.29, 0.717) is 12.3 Å². The molecule has 1 aliphatic rings. The normalized spacial score (nSPS) is 19.9. The van der Waals surface area contributed by atoms with E-state index >= 15 is 0 Å². The Morgan fingerprint density at radius 1 is 1.38 bits per heavy atom. The van der Waals surface area contributed by atoms with Crippen molar-refractivity contribution in [2.75, 3.05) is 6.54 Å². The van der Waals surface area contributed by atoms with E-state index in [1.807, 2.05) is 9.42 Å². The van der Waals surface area contributed by atoms with Crippen molar-refractivity contribution in [2.45, 2.75) is 58.4 Å². The van der Waals surface area contributed by atoms with Crippen molar-refractivity contribution in [1.29, 1.82) is 0 Å². The minimum atomic E-state index is 0.252. The number of likely N-dealkylation sites (tertiary alicyclic amines) is 1. The standard InChI is InChI=1S/C14H21N5OS/c1-4-5-11-15-16-14-19(11)17-13(21-14)10-6-7-12(20)18(8-10)9(2)3/h9-10H,4-8H2,1-3H3. The fourth-order valence-corrected chi connectivity index (χ4v) is 3.77. The molecule has 1 atom stereocenters. The van der Waals surface area contributed by atoms with Crippen LogP contribution in [0.15, 0.2) is 0 Å². The van der Waals surface area contributed by atoms with Crippen molar-refractivity contribution in [3.05, 3.63) is 10.8 Å². The average molecular weight is 307 g/mol. The van der Waals surface area contributed by atoms with Crippen LogP contribution in [0.3, 0.4) is 0 Å². The van der Waals surface area contributed by atoms with Gasteiger partial charge in [-0.25, -0.2) is 0 Å². The largest absolute Gasteiger partial charge is 0.340 e. The molecule has 1 saturated heterocycles. The molecular formula is C14H21N5OS. The van der Waals surface area contributed by atoms with Crippen LogP contribution in [0.2, 0.25) is 0 Å². The van der Waals surface area contributed by atoms with Gasteiger partial charge in [0.1, 0.15) is 5.01 Å². The third kappa shape index (κ3) is 2.66. The van der Waals surface area contributed by atoms with Crippen LogP contribution in [0.4, 0.5) is 0 Å². The number of rotatable bonds is 4. The lowest BCUT2D eigenvalue weighted by atomic mass is 9.97. The predicted molar refractivity (Wildman–Crippen MR) is 81.5 cm³/mol. The molecule has 2 aromatic heterocycles. The van der Waals surface area contributed by atoms with Crippen LogP contribution >= 0.6 is 11.3 Å². The number of carbonyl (C=O) groups excluding carboxylic acids is 1. The molecule has 1 aliphatic heterocycles. The van der Waals surface area contributed by atoms with E-state index < -0.39 is 0 Å². The summed E-state index contributed by atoms with van der Waals surface area (Å²) in [5.74, 6) is 1.52. The molecule has 1 amide bonds. The van der Waals surface area contributed by atoms with Crippen molar-refractivity contribution in [1.82, 2.24) is 24.7 Å². The first kappa shape index (κ1) is 14.4. The zero-order valence-electron chi connectivity index (χ0n) is 12.7. The van der Waals surface area contributed by atoms with Gasteiger partial charge in [0, 0.05) is 31.3 Å². The van der Waals surface area contributed by atoms with Gasteiger partial charge in [-0.2, -0.15) is 9.61 Å². The van der Waals surface area contributed by atoms with Crippen molar-refractivity contribution in [2.24, 2.45) is 0 Å². The Kier molecular flexibility index (Phi) is 3.93. The third-order valence-electron chi connectivity index (χ3n) is 3.96. The summed E-state index contributed by atoms with van der Waals surface area (Å²) in [6.45, 7) is 7.03. The number of hydrogen-bond donors (Lipinski definition) is 0. The molecule has 7 heteroatoms. The van der Waals surface area contributed by atoms with Crippen molar-refractivity contribution in [3.8, 4) is 0 Å². The van der Waals surface area contributed by atoms with E-state index in [1.165, 1.54) is 0 Å². The van der Waals surface area contributed by atoms with Crippen molar-refractivity contribution < 1.29 is 4.79 Å². The first-order valence-electron chi connectivity index (χ1n) is 7.60. The van der Waals surface area contributed by atoms with E-state index in [2.05, 4.69) is 31.0 Å². The van der Waals surface area contributed by atoms with Crippen molar-refractivity contribution in [3.63, 3.8) is 0 Å². The Balaban J connectivity index is 1.85. The molecule has 1 fully saturated rings. The fourth-order valence-electron chi connectivity index (χ4n) is 2.79. The quantitative estimate of drug-likeness (QED) is 0.869. The lowest BCUT2D eigenvalue weighted by molar-refractivity contribution is -0.135. The summed E-state index contributed by atoms with van der Waals surface area (Å²) in [5.41, 5.74) is 0. The summed E-state index contributed by atoms with van der Waals surface area (Å²) < 4.78 is 1.87. The minimum Gasteiger partial charge on any atom is -0.340 e. The second-order valence-electron chi connectivity index (χ2n) is 5.88. The summed E-state index contributed by atoms with van der Waals surface area (Å²) >= 11 is 1.61. The summed E-state index contributed by atoms with van der Waals surface area (Å²) in [4.78, 5) is 14.8. The van der Waals surface area contributed by atoms with Gasteiger partial charge in [-0.1, -0.05) is 18.3 Å². The topological polar surface area (TPSA) is 63.4 Å². The highest BCUT2D eigenvalue weighted by atomic mass is 32.1. The first-order chi connectivity index (χ1) is 10.1. The van der Waals surface area contributed by atoms with Crippen LogP contribution in [-0.2, 0) is 11.2 Å². The van der Waals surface area contributed by atoms with Gasteiger partial charge >= 0.3 is 0 Å². The Bertz CT molecular complexity index is 647. The zero-order chi connectivity index (χ0) is 15.0. The van der Waals surface area contributed by atoms with E-state index in [4.69, 9.17) is 5.10 Å². The molecule has 0 saturated carbocycles. The summed E-state index contributed by atoms with van der Waals surface area (Å²) in [6.07, 6.45) is 3.43. The van der Waals surface area contributed by atoms with Gasteiger partial charge in [0.25, 0.3) is 0 Å². The van der Waals surface area contributed by atoms with Gasteiger partial charge in [-0.05, 0) is 26.7 Å². The fraction of sp³-hybridized carbons (Fsp3) is 0.714. The van der Waals surface area contributed by atoms with E-state index in [1.54, 1.807) is 11.3 Å². The summed E-state index contributed by atoms with van der Waals surface area (Å²) in [6, 6.07) is 0.252. The van der Waals surface area contributed by atoms with Crippen molar-refractivity contribution >= 4 is 22.2 Å². The number of fused-ring (bicyclic) bond motifs is 1. The summed E-state index contributed by atoms with van der Waals surface area (Å²) in [5, 5.41) is 14.2. The SMILES string of the molecule is CCCc1nnc2sc(C3CCC(=O)N(C(C)C)C3)nn12. The second kappa shape index (κ2) is 5.71. The highest BCUT2D eigenvalue weighted by molar-refractivity contribution is 7.16. The molecule has 0 bridgehead atoms. The van der Waals surface area contributed by atoms with Crippen LogP contribution in [-0.4, -0.2) is 43.2 Å². The number of aryl methyl sites for hydroxylation is 1. The number of nitrogens with zero attached hydrogens (tertiary/aromatic N) is 5. The first-order valence-corrected chi connectivity index (χ1v) is 8.42. The summed E-state index contributed by atoms with van der Waals surface area (Å²) in [7, 11) is 0. The van der Waals surface area contributed by atoms with Gasteiger partial charge < -0.3 is 4.90 Å². The van der Waals surface area contributed by atoms with Crippen LogP contribution in [0.1, 0.15) is 56.8 Å². The van der Waals surface area contributed by atoms with Crippen LogP contribution in [0.5, 0.6) is 0 Å². The molecule has 3 heterocycles. The molecule has 6 nitrogen and oxygen atoms in total. The van der Waals surface area contributed by atoms with E-state index in [9.17, 15) is 4.79 Å². The number of hydrogen-bond acceptors (Lipinski definition) is 5. The molecule has 21 heavy (non-hydrogen) atoms. The van der Waals surface area contributed by atoms with Crippen LogP contribution in [0.25, 0.3) is 4.96 Å². The molecule has 3 rings (SSSR count). The number of carbonyl (C=O) groups is 1. The Morgan fingerprint density at radius 2 is 2.19 bits per heavy atom. The Labute approximate surface area is 128 Å². The molecule has 2 aromatic rings. The molecule has 0 N–H and O–H groups in total. The van der Waals surface area contributed by atoms with Gasteiger partial charge in [0.2, 0.25) is 10.9 Å². The van der Waals surface area contributed by atoms with Gasteiger partial charge in [-0.3, -0.25) is 4.79 Å². The molecule has 0 aliphatic carbocycles.